The largest absolute Gasteiger partial charge is 0.301 e. The van der Waals surface area contributed by atoms with Crippen LogP contribution < -0.4 is 0 Å². The summed E-state index contributed by atoms with van der Waals surface area (Å²) in [6, 6.07) is 0. The fourth-order valence-electron chi connectivity index (χ4n) is 1.58. The highest BCUT2D eigenvalue weighted by Gasteiger charge is 2.15. The highest BCUT2D eigenvalue weighted by atomic mass is 35.5. The number of likely N-dealkylation sites (N-methyl/N-ethyl adjacent to an activating group) is 1. The van der Waals surface area contributed by atoms with Crippen LogP contribution in [0.4, 0.5) is 0 Å². The monoisotopic (exact) mass is 204 g/mol. The molecular formula is C9H17ClN2O. The minimum atomic E-state index is -0.224. The van der Waals surface area contributed by atoms with Crippen molar-refractivity contribution in [3.8, 4) is 0 Å². The summed E-state index contributed by atoms with van der Waals surface area (Å²) in [5.74, 6) is 0. The van der Waals surface area contributed by atoms with Gasteiger partial charge in [0, 0.05) is 39.1 Å². The van der Waals surface area contributed by atoms with Crippen LogP contribution in [-0.4, -0.2) is 54.3 Å². The first kappa shape index (κ1) is 11.0. The van der Waals surface area contributed by atoms with Gasteiger partial charge in [-0.1, -0.05) is 6.92 Å². The number of piperazine rings is 1. The molecule has 0 N–H and O–H groups in total. The Morgan fingerprint density at radius 3 is 2.23 bits per heavy atom. The highest BCUT2D eigenvalue weighted by molar-refractivity contribution is 6.63. The van der Waals surface area contributed by atoms with E-state index in [1.807, 2.05) is 0 Å². The van der Waals surface area contributed by atoms with Gasteiger partial charge in [0.2, 0.25) is 5.24 Å². The van der Waals surface area contributed by atoms with Crippen LogP contribution in [0.3, 0.4) is 0 Å². The number of halogens is 1. The molecule has 13 heavy (non-hydrogen) atoms. The summed E-state index contributed by atoms with van der Waals surface area (Å²) in [5, 5.41) is -0.224. The topological polar surface area (TPSA) is 23.6 Å². The lowest BCUT2D eigenvalue weighted by atomic mass is 10.3. The molecule has 0 aromatic carbocycles. The van der Waals surface area contributed by atoms with E-state index in [0.29, 0.717) is 6.42 Å². The van der Waals surface area contributed by atoms with Gasteiger partial charge in [0.1, 0.15) is 0 Å². The number of hydrogen-bond acceptors (Lipinski definition) is 3. The van der Waals surface area contributed by atoms with Gasteiger partial charge in [-0.25, -0.2) is 0 Å². The van der Waals surface area contributed by atoms with Gasteiger partial charge in [-0.2, -0.15) is 0 Å². The van der Waals surface area contributed by atoms with Gasteiger partial charge in [-0.15, -0.1) is 0 Å². The maximum atomic E-state index is 10.5. The molecule has 4 heteroatoms. The maximum absolute atomic E-state index is 10.5. The van der Waals surface area contributed by atoms with Gasteiger partial charge >= 0.3 is 0 Å². The third kappa shape index (κ3) is 4.07. The number of nitrogens with zero attached hydrogens (tertiary/aromatic N) is 2. The number of hydrogen-bond donors (Lipinski definition) is 0. The van der Waals surface area contributed by atoms with Crippen LogP contribution in [0.2, 0.25) is 0 Å². The van der Waals surface area contributed by atoms with E-state index in [1.54, 1.807) is 0 Å². The molecule has 0 unspecified atom stereocenters. The van der Waals surface area contributed by atoms with Crippen molar-refractivity contribution >= 4 is 16.8 Å². The summed E-state index contributed by atoms with van der Waals surface area (Å²) in [7, 11) is 0. The van der Waals surface area contributed by atoms with Crippen molar-refractivity contribution < 1.29 is 4.79 Å². The molecule has 1 aliphatic heterocycles. The normalized spacial score (nSPS) is 20.5. The second-order valence-electron chi connectivity index (χ2n) is 3.38. The van der Waals surface area contributed by atoms with Gasteiger partial charge in [-0.3, -0.25) is 4.79 Å². The Bertz CT molecular complexity index is 167. The van der Waals surface area contributed by atoms with Crippen molar-refractivity contribution in [2.45, 2.75) is 13.3 Å². The molecule has 0 aliphatic carbocycles. The molecule has 76 valence electrons. The quantitative estimate of drug-likeness (QED) is 0.633. The van der Waals surface area contributed by atoms with Crippen LogP contribution in [0.15, 0.2) is 0 Å². The molecule has 0 radical (unpaired) electrons. The molecule has 3 nitrogen and oxygen atoms in total. The molecule has 0 spiro atoms. The SMILES string of the molecule is CCN1CCN(CCC(=O)Cl)CC1. The van der Waals surface area contributed by atoms with E-state index < -0.39 is 0 Å². The van der Waals surface area contributed by atoms with E-state index >= 15 is 0 Å². The lowest BCUT2D eigenvalue weighted by Gasteiger charge is -2.33. The summed E-state index contributed by atoms with van der Waals surface area (Å²) in [6.45, 7) is 8.50. The third-order valence-electron chi connectivity index (χ3n) is 2.54. The van der Waals surface area contributed by atoms with Crippen LogP contribution in [0, 0.1) is 0 Å². The van der Waals surface area contributed by atoms with Crippen molar-refractivity contribution in [3.63, 3.8) is 0 Å². The van der Waals surface area contributed by atoms with Gasteiger partial charge in [0.15, 0.2) is 0 Å². The van der Waals surface area contributed by atoms with Crippen LogP contribution >= 0.6 is 11.6 Å². The average Bonchev–Trinajstić information content (AvgIpc) is 2.15. The minimum Gasteiger partial charge on any atom is -0.301 e. The second kappa shape index (κ2) is 5.58. The average molecular weight is 205 g/mol. The lowest BCUT2D eigenvalue weighted by Crippen LogP contribution is -2.46. The third-order valence-corrected chi connectivity index (χ3v) is 2.73. The Kier molecular flexibility index (Phi) is 4.70. The molecule has 1 aliphatic rings. The molecule has 0 atom stereocenters. The predicted octanol–water partition coefficient (Wildman–Crippen LogP) is 0.779. The summed E-state index contributed by atoms with van der Waals surface area (Å²) in [5.41, 5.74) is 0. The zero-order chi connectivity index (χ0) is 9.68. The number of rotatable bonds is 4. The molecule has 1 heterocycles. The van der Waals surface area contributed by atoms with Crippen molar-refractivity contribution in [2.24, 2.45) is 0 Å². The molecule has 0 aromatic rings. The lowest BCUT2D eigenvalue weighted by molar-refractivity contribution is -0.112. The van der Waals surface area contributed by atoms with Crippen LogP contribution in [-0.2, 0) is 4.79 Å². The van der Waals surface area contributed by atoms with E-state index in [-0.39, 0.29) is 5.24 Å². The molecule has 0 amide bonds. The molecule has 1 rings (SSSR count). The Hall–Kier alpha value is -0.120. The van der Waals surface area contributed by atoms with E-state index in [1.165, 1.54) is 0 Å². The molecule has 0 bridgehead atoms. The van der Waals surface area contributed by atoms with Crippen LogP contribution in [0.1, 0.15) is 13.3 Å². The predicted molar refractivity (Wildman–Crippen MR) is 54.0 cm³/mol. The van der Waals surface area contributed by atoms with Gasteiger partial charge in [0.25, 0.3) is 0 Å². The Morgan fingerprint density at radius 1 is 1.23 bits per heavy atom. The fourth-order valence-corrected chi connectivity index (χ4v) is 1.66. The summed E-state index contributed by atoms with van der Waals surface area (Å²) in [6.07, 6.45) is 0.480. The van der Waals surface area contributed by atoms with Gasteiger partial charge in [0.05, 0.1) is 0 Å². The van der Waals surface area contributed by atoms with Crippen molar-refractivity contribution in [1.82, 2.24) is 9.80 Å². The smallest absolute Gasteiger partial charge is 0.222 e. The molecule has 0 aromatic heterocycles. The first-order chi connectivity index (χ1) is 6.22. The van der Waals surface area contributed by atoms with E-state index in [2.05, 4.69) is 16.7 Å². The minimum absolute atomic E-state index is 0.224. The zero-order valence-corrected chi connectivity index (χ0v) is 8.89. The van der Waals surface area contributed by atoms with Crippen LogP contribution in [0.25, 0.3) is 0 Å². The summed E-state index contributed by atoms with van der Waals surface area (Å²) >= 11 is 5.28. The van der Waals surface area contributed by atoms with E-state index in [0.717, 1.165) is 39.3 Å². The maximum Gasteiger partial charge on any atom is 0.222 e. The van der Waals surface area contributed by atoms with Gasteiger partial charge in [-0.05, 0) is 18.1 Å². The Balaban J connectivity index is 2.14. The first-order valence-electron chi connectivity index (χ1n) is 4.85. The molecule has 0 saturated carbocycles. The Labute approximate surface area is 84.6 Å². The second-order valence-corrected chi connectivity index (χ2v) is 3.80. The highest BCUT2D eigenvalue weighted by Crippen LogP contribution is 2.02. The Morgan fingerprint density at radius 2 is 1.77 bits per heavy atom. The number of carbonyl (C=O) groups is 1. The van der Waals surface area contributed by atoms with E-state index in [9.17, 15) is 4.79 Å². The summed E-state index contributed by atoms with van der Waals surface area (Å²) < 4.78 is 0. The molecule has 1 fully saturated rings. The molecular weight excluding hydrogens is 188 g/mol. The van der Waals surface area contributed by atoms with Crippen molar-refractivity contribution in [2.75, 3.05) is 39.3 Å². The standard InChI is InChI=1S/C9H17ClN2O/c1-2-11-5-7-12(8-6-11)4-3-9(10)13/h2-8H2,1H3. The fraction of sp³-hybridized carbons (Fsp3) is 0.889. The summed E-state index contributed by atoms with van der Waals surface area (Å²) in [4.78, 5) is 15.2. The van der Waals surface area contributed by atoms with Crippen LogP contribution in [0.5, 0.6) is 0 Å². The van der Waals surface area contributed by atoms with Crippen molar-refractivity contribution in [1.29, 1.82) is 0 Å². The molecule has 1 saturated heterocycles. The first-order valence-corrected chi connectivity index (χ1v) is 5.23. The van der Waals surface area contributed by atoms with Gasteiger partial charge < -0.3 is 9.80 Å². The van der Waals surface area contributed by atoms with Crippen molar-refractivity contribution in [3.05, 3.63) is 0 Å². The number of carbonyl (C=O) groups excluding carboxylic acids is 1. The van der Waals surface area contributed by atoms with E-state index in [4.69, 9.17) is 11.6 Å². The zero-order valence-electron chi connectivity index (χ0n) is 8.13.